The molecule has 1 amide bonds. The molecule has 0 bridgehead atoms. The van der Waals surface area contributed by atoms with Crippen LogP contribution in [0.2, 0.25) is 0 Å². The van der Waals surface area contributed by atoms with Gasteiger partial charge in [-0.05, 0) is 24.5 Å². The van der Waals surface area contributed by atoms with E-state index in [0.717, 1.165) is 31.6 Å². The summed E-state index contributed by atoms with van der Waals surface area (Å²) in [5.41, 5.74) is 2.48. The van der Waals surface area contributed by atoms with Gasteiger partial charge in [0, 0.05) is 25.8 Å². The molecule has 1 saturated heterocycles. The predicted octanol–water partition coefficient (Wildman–Crippen LogP) is 2.14. The van der Waals surface area contributed by atoms with E-state index in [1.165, 1.54) is 5.56 Å². The number of nitrogens with one attached hydrogen (secondary N) is 1. The molecular weight excluding hydrogens is 212 g/mol. The fourth-order valence-corrected chi connectivity index (χ4v) is 2.32. The maximum atomic E-state index is 11.8. The van der Waals surface area contributed by atoms with Gasteiger partial charge in [-0.3, -0.25) is 4.79 Å². The van der Waals surface area contributed by atoms with Crippen LogP contribution in [0, 0.1) is 5.92 Å². The highest BCUT2D eigenvalue weighted by Gasteiger charge is 2.28. The third-order valence-electron chi connectivity index (χ3n) is 3.48. The van der Waals surface area contributed by atoms with Gasteiger partial charge < -0.3 is 10.2 Å². The van der Waals surface area contributed by atoms with Gasteiger partial charge in [0.15, 0.2) is 0 Å². The molecular formula is C14H20N2O. The zero-order valence-corrected chi connectivity index (χ0v) is 10.6. The summed E-state index contributed by atoms with van der Waals surface area (Å²) in [5, 5.41) is 3.41. The maximum Gasteiger partial charge on any atom is 0.227 e. The highest BCUT2D eigenvalue weighted by Crippen LogP contribution is 2.20. The van der Waals surface area contributed by atoms with Crippen LogP contribution in [0.3, 0.4) is 0 Å². The first-order chi connectivity index (χ1) is 8.22. The van der Waals surface area contributed by atoms with E-state index in [4.69, 9.17) is 0 Å². The van der Waals surface area contributed by atoms with E-state index in [1.54, 1.807) is 0 Å². The van der Waals surface area contributed by atoms with E-state index < -0.39 is 0 Å². The van der Waals surface area contributed by atoms with Gasteiger partial charge in [-0.2, -0.15) is 0 Å². The van der Waals surface area contributed by atoms with E-state index in [0.29, 0.717) is 0 Å². The van der Waals surface area contributed by atoms with Gasteiger partial charge in [-0.1, -0.05) is 25.1 Å². The van der Waals surface area contributed by atoms with Crippen molar-refractivity contribution in [2.75, 3.05) is 25.5 Å². The van der Waals surface area contributed by atoms with Crippen LogP contribution in [0.4, 0.5) is 5.69 Å². The Morgan fingerprint density at radius 3 is 2.82 bits per heavy atom. The second kappa shape index (κ2) is 5.21. The lowest BCUT2D eigenvalue weighted by Gasteiger charge is -2.14. The molecule has 0 radical (unpaired) electrons. The minimum atomic E-state index is 0.143. The van der Waals surface area contributed by atoms with E-state index in [9.17, 15) is 4.79 Å². The summed E-state index contributed by atoms with van der Waals surface area (Å²) in [5.74, 6) is 0.413. The number of likely N-dealkylation sites (tertiary alicyclic amines) is 1. The van der Waals surface area contributed by atoms with Crippen molar-refractivity contribution in [3.63, 3.8) is 0 Å². The van der Waals surface area contributed by atoms with Crippen molar-refractivity contribution in [3.05, 3.63) is 29.8 Å². The van der Waals surface area contributed by atoms with E-state index in [2.05, 4.69) is 30.4 Å². The van der Waals surface area contributed by atoms with E-state index >= 15 is 0 Å². The molecule has 0 aliphatic carbocycles. The van der Waals surface area contributed by atoms with Crippen LogP contribution >= 0.6 is 0 Å². The summed E-state index contributed by atoms with van der Waals surface area (Å²) in [7, 11) is 1.88. The molecule has 2 rings (SSSR count). The van der Waals surface area contributed by atoms with Crippen molar-refractivity contribution in [1.29, 1.82) is 0 Å². The molecule has 92 valence electrons. The van der Waals surface area contributed by atoms with Gasteiger partial charge in [-0.15, -0.1) is 0 Å². The number of amides is 1. The zero-order chi connectivity index (χ0) is 12.3. The summed E-state index contributed by atoms with van der Waals surface area (Å²) >= 11 is 0. The number of para-hydroxylation sites is 1. The molecule has 3 heteroatoms. The zero-order valence-electron chi connectivity index (χ0n) is 10.6. The predicted molar refractivity (Wildman–Crippen MR) is 70.1 cm³/mol. The minimum Gasteiger partial charge on any atom is -0.384 e. The minimum absolute atomic E-state index is 0.143. The largest absolute Gasteiger partial charge is 0.384 e. The lowest BCUT2D eigenvalue weighted by atomic mass is 10.1. The number of anilines is 1. The molecule has 3 nitrogen and oxygen atoms in total. The highest BCUT2D eigenvalue weighted by molar-refractivity contribution is 5.81. The van der Waals surface area contributed by atoms with Gasteiger partial charge in [0.05, 0.1) is 5.92 Å². The smallest absolute Gasteiger partial charge is 0.227 e. The number of aryl methyl sites for hydroxylation is 1. The Labute approximate surface area is 103 Å². The van der Waals surface area contributed by atoms with Gasteiger partial charge in [0.1, 0.15) is 0 Å². The van der Waals surface area contributed by atoms with Crippen LogP contribution in [0.5, 0.6) is 0 Å². The average molecular weight is 232 g/mol. The quantitative estimate of drug-likeness (QED) is 0.862. The number of benzene rings is 1. The Hall–Kier alpha value is -1.51. The molecule has 1 aromatic carbocycles. The first-order valence-electron chi connectivity index (χ1n) is 6.29. The van der Waals surface area contributed by atoms with Gasteiger partial charge in [-0.25, -0.2) is 0 Å². The number of nitrogens with zero attached hydrogens (tertiary/aromatic N) is 1. The second-order valence-electron chi connectivity index (χ2n) is 4.64. The molecule has 1 atom stereocenters. The molecule has 0 unspecified atom stereocenters. The van der Waals surface area contributed by atoms with Crippen LogP contribution in [0.25, 0.3) is 0 Å². The average Bonchev–Trinajstić information content (AvgIpc) is 2.68. The van der Waals surface area contributed by atoms with Crippen molar-refractivity contribution in [1.82, 2.24) is 4.90 Å². The van der Waals surface area contributed by atoms with Crippen molar-refractivity contribution >= 4 is 11.6 Å². The lowest BCUT2D eigenvalue weighted by molar-refractivity contribution is -0.129. The fourth-order valence-electron chi connectivity index (χ4n) is 2.32. The SMILES string of the molecule is CCc1ccccc1NC[C@@H]1CCN(C)C1=O. The Bertz CT molecular complexity index is 403. The first-order valence-corrected chi connectivity index (χ1v) is 6.29. The normalized spacial score (nSPS) is 19.8. The van der Waals surface area contributed by atoms with Crippen molar-refractivity contribution in [3.8, 4) is 0 Å². The molecule has 1 aliphatic rings. The lowest BCUT2D eigenvalue weighted by Crippen LogP contribution is -2.26. The summed E-state index contributed by atoms with van der Waals surface area (Å²) in [6, 6.07) is 8.30. The molecule has 1 aliphatic heterocycles. The van der Waals surface area contributed by atoms with Gasteiger partial charge in [0.2, 0.25) is 5.91 Å². The van der Waals surface area contributed by atoms with E-state index in [1.807, 2.05) is 18.0 Å². The first kappa shape index (κ1) is 12.0. The van der Waals surface area contributed by atoms with Crippen LogP contribution in [0.15, 0.2) is 24.3 Å². The fraction of sp³-hybridized carbons (Fsp3) is 0.500. The number of carbonyl (C=O) groups is 1. The molecule has 0 spiro atoms. The van der Waals surface area contributed by atoms with Crippen LogP contribution in [0.1, 0.15) is 18.9 Å². The van der Waals surface area contributed by atoms with Gasteiger partial charge in [0.25, 0.3) is 0 Å². The van der Waals surface area contributed by atoms with Crippen molar-refractivity contribution in [2.24, 2.45) is 5.92 Å². The topological polar surface area (TPSA) is 32.3 Å². The standard InChI is InChI=1S/C14H20N2O/c1-3-11-6-4-5-7-13(11)15-10-12-8-9-16(2)14(12)17/h4-7,12,15H,3,8-10H2,1-2H3/t12-/m0/s1. The summed E-state index contributed by atoms with van der Waals surface area (Å²) in [6.07, 6.45) is 1.98. The third kappa shape index (κ3) is 2.60. The second-order valence-corrected chi connectivity index (χ2v) is 4.64. The highest BCUT2D eigenvalue weighted by atomic mass is 16.2. The Kier molecular flexibility index (Phi) is 3.67. The summed E-state index contributed by atoms with van der Waals surface area (Å²) in [4.78, 5) is 13.6. The van der Waals surface area contributed by atoms with Crippen molar-refractivity contribution < 1.29 is 4.79 Å². The Balaban J connectivity index is 1.96. The maximum absolute atomic E-state index is 11.8. The Morgan fingerprint density at radius 2 is 2.18 bits per heavy atom. The number of rotatable bonds is 4. The summed E-state index contributed by atoms with van der Waals surface area (Å²) < 4.78 is 0. The van der Waals surface area contributed by atoms with Gasteiger partial charge >= 0.3 is 0 Å². The number of hydrogen-bond acceptors (Lipinski definition) is 2. The monoisotopic (exact) mass is 232 g/mol. The molecule has 1 fully saturated rings. The molecule has 1 N–H and O–H groups in total. The molecule has 1 heterocycles. The number of carbonyl (C=O) groups excluding carboxylic acids is 1. The molecule has 1 aromatic rings. The van der Waals surface area contributed by atoms with Crippen LogP contribution in [-0.4, -0.2) is 30.9 Å². The molecule has 17 heavy (non-hydrogen) atoms. The number of hydrogen-bond donors (Lipinski definition) is 1. The van der Waals surface area contributed by atoms with Crippen LogP contribution < -0.4 is 5.32 Å². The van der Waals surface area contributed by atoms with Crippen molar-refractivity contribution in [2.45, 2.75) is 19.8 Å². The third-order valence-corrected chi connectivity index (χ3v) is 3.48. The van der Waals surface area contributed by atoms with Crippen LogP contribution in [-0.2, 0) is 11.2 Å². The Morgan fingerprint density at radius 1 is 1.41 bits per heavy atom. The molecule has 0 aromatic heterocycles. The molecule has 0 saturated carbocycles. The summed E-state index contributed by atoms with van der Waals surface area (Å²) in [6.45, 7) is 3.79. The van der Waals surface area contributed by atoms with E-state index in [-0.39, 0.29) is 11.8 Å².